The van der Waals surface area contributed by atoms with Crippen molar-refractivity contribution in [1.29, 1.82) is 0 Å². The van der Waals surface area contributed by atoms with Crippen LogP contribution in [-0.4, -0.2) is 65.3 Å². The fourth-order valence-corrected chi connectivity index (χ4v) is 4.24. The van der Waals surface area contributed by atoms with Gasteiger partial charge in [0.15, 0.2) is 0 Å². The van der Waals surface area contributed by atoms with Gasteiger partial charge < -0.3 is 30.7 Å². The minimum atomic E-state index is -0.995. The van der Waals surface area contributed by atoms with Gasteiger partial charge in [0, 0.05) is 33.0 Å². The molecular formula is C27H48N2O6. The summed E-state index contributed by atoms with van der Waals surface area (Å²) < 4.78 is 6.04. The van der Waals surface area contributed by atoms with Crippen LogP contribution in [0.2, 0.25) is 0 Å². The highest BCUT2D eigenvalue weighted by molar-refractivity contribution is 5.87. The maximum Gasteiger partial charge on any atom is 0.404 e. The van der Waals surface area contributed by atoms with Crippen molar-refractivity contribution in [2.75, 3.05) is 14.2 Å². The summed E-state index contributed by atoms with van der Waals surface area (Å²) in [6.45, 7) is 8.24. The number of aliphatic hydroxyl groups is 2. The lowest BCUT2D eigenvalue weighted by Gasteiger charge is -2.37. The van der Waals surface area contributed by atoms with Gasteiger partial charge in [-0.1, -0.05) is 36.8 Å². The number of nitrogens with one attached hydrogen (secondary N) is 2. The minimum absolute atomic E-state index is 0.0112. The Hall–Kier alpha value is -2.16. The predicted octanol–water partition coefficient (Wildman–Crippen LogP) is 4.33. The number of carboxylic acid groups (broad SMARTS) is 1. The van der Waals surface area contributed by atoms with Gasteiger partial charge in [-0.15, -0.1) is 0 Å². The SMILES string of the molecule is CC/C=C\C(=O)NC1CCC(C/C=C(C)/C=C/C2CC(O)CC(C)(C)O2)CC1.CNC(=O)O.CO. The van der Waals surface area contributed by atoms with Gasteiger partial charge in [-0.25, -0.2) is 4.79 Å². The number of allylic oxidation sites excluding steroid dienone is 4. The predicted molar refractivity (Wildman–Crippen MR) is 140 cm³/mol. The fraction of sp³-hybridized carbons (Fsp3) is 0.704. The highest BCUT2D eigenvalue weighted by Crippen LogP contribution is 2.30. The molecule has 1 saturated heterocycles. The van der Waals surface area contributed by atoms with Gasteiger partial charge in [-0.2, -0.15) is 0 Å². The van der Waals surface area contributed by atoms with Gasteiger partial charge in [-0.3, -0.25) is 4.79 Å². The van der Waals surface area contributed by atoms with Gasteiger partial charge >= 0.3 is 6.09 Å². The lowest BCUT2D eigenvalue weighted by molar-refractivity contribution is -0.126. The van der Waals surface area contributed by atoms with Crippen molar-refractivity contribution in [3.8, 4) is 0 Å². The molecule has 1 aliphatic carbocycles. The van der Waals surface area contributed by atoms with E-state index in [1.165, 1.54) is 25.5 Å². The van der Waals surface area contributed by atoms with E-state index in [0.29, 0.717) is 24.8 Å². The second-order valence-electron chi connectivity index (χ2n) is 9.64. The van der Waals surface area contributed by atoms with Gasteiger partial charge in [-0.05, 0) is 71.3 Å². The Morgan fingerprint density at radius 1 is 1.11 bits per heavy atom. The molecule has 0 aromatic rings. The maximum absolute atomic E-state index is 11.8. The smallest absolute Gasteiger partial charge is 0.404 e. The largest absolute Gasteiger partial charge is 0.465 e. The lowest BCUT2D eigenvalue weighted by Crippen LogP contribution is -2.41. The van der Waals surface area contributed by atoms with Crippen LogP contribution >= 0.6 is 0 Å². The monoisotopic (exact) mass is 496 g/mol. The first-order valence-corrected chi connectivity index (χ1v) is 12.6. The number of carbonyl (C=O) groups is 2. The van der Waals surface area contributed by atoms with Crippen LogP contribution in [0.4, 0.5) is 4.79 Å². The van der Waals surface area contributed by atoms with E-state index in [2.05, 4.69) is 30.5 Å². The molecule has 2 aliphatic rings. The van der Waals surface area contributed by atoms with Crippen LogP contribution in [0.25, 0.3) is 0 Å². The molecular weight excluding hydrogens is 448 g/mol. The summed E-state index contributed by atoms with van der Waals surface area (Å²) in [4.78, 5) is 21.0. The molecule has 5 N–H and O–H groups in total. The van der Waals surface area contributed by atoms with Crippen LogP contribution < -0.4 is 10.6 Å². The Balaban J connectivity index is 0.00000146. The van der Waals surface area contributed by atoms with Crippen molar-refractivity contribution in [3.05, 3.63) is 36.0 Å². The molecule has 8 nitrogen and oxygen atoms in total. The molecule has 202 valence electrons. The van der Waals surface area contributed by atoms with E-state index < -0.39 is 6.09 Å². The average Bonchev–Trinajstić information content (AvgIpc) is 2.81. The van der Waals surface area contributed by atoms with Gasteiger partial charge in [0.2, 0.25) is 5.91 Å². The summed E-state index contributed by atoms with van der Waals surface area (Å²) in [6, 6.07) is 0.327. The van der Waals surface area contributed by atoms with Gasteiger partial charge in [0.25, 0.3) is 0 Å². The number of ether oxygens (including phenoxy) is 1. The molecule has 2 atom stereocenters. The first-order chi connectivity index (χ1) is 16.5. The van der Waals surface area contributed by atoms with Crippen molar-refractivity contribution in [2.45, 2.75) is 103 Å². The lowest BCUT2D eigenvalue weighted by atomic mass is 9.83. The molecule has 0 bridgehead atoms. The zero-order chi connectivity index (χ0) is 26.9. The molecule has 1 saturated carbocycles. The van der Waals surface area contributed by atoms with E-state index in [-0.39, 0.29) is 23.7 Å². The second kappa shape index (κ2) is 18.2. The standard InChI is InChI=1S/C24H39NO3.C2H5NO2.CH4O/c1-5-6-7-23(27)25-20-13-11-19(12-14-20)10-8-18(2)9-15-22-16-21(26)17-24(3,4)28-22;1-3-2(4)5;1-2/h6-9,15,19-22,26H,5,10-14,16-17H2,1-4H3,(H,25,27);3H,1H3,(H,4,5);2H,1H3/b7-6-,15-9+,18-8+;;. The number of aliphatic hydroxyl groups excluding tert-OH is 2. The van der Waals surface area contributed by atoms with Gasteiger partial charge in [0.1, 0.15) is 0 Å². The molecule has 2 amide bonds. The number of hydrogen-bond acceptors (Lipinski definition) is 5. The highest BCUT2D eigenvalue weighted by Gasteiger charge is 2.32. The summed E-state index contributed by atoms with van der Waals surface area (Å²) in [5.74, 6) is 0.749. The first kappa shape index (κ1) is 32.8. The first-order valence-electron chi connectivity index (χ1n) is 12.6. The Morgan fingerprint density at radius 2 is 1.71 bits per heavy atom. The third kappa shape index (κ3) is 16.2. The van der Waals surface area contributed by atoms with Crippen LogP contribution in [0.5, 0.6) is 0 Å². The molecule has 1 heterocycles. The normalized spacial score (nSPS) is 26.2. The maximum atomic E-state index is 11.8. The minimum Gasteiger partial charge on any atom is -0.465 e. The molecule has 0 radical (unpaired) electrons. The average molecular weight is 497 g/mol. The fourth-order valence-electron chi connectivity index (χ4n) is 4.24. The molecule has 2 rings (SSSR count). The van der Waals surface area contributed by atoms with Crippen molar-refractivity contribution < 1.29 is 29.6 Å². The summed E-state index contributed by atoms with van der Waals surface area (Å²) >= 11 is 0. The van der Waals surface area contributed by atoms with Crippen LogP contribution in [0.15, 0.2) is 36.0 Å². The van der Waals surface area contributed by atoms with E-state index in [1.54, 1.807) is 6.08 Å². The van der Waals surface area contributed by atoms with Gasteiger partial charge in [0.05, 0.1) is 17.8 Å². The molecule has 2 unspecified atom stereocenters. The number of rotatable bonds is 7. The Bertz CT molecular complexity index is 694. The van der Waals surface area contributed by atoms with Crippen LogP contribution in [0.3, 0.4) is 0 Å². The number of hydrogen-bond donors (Lipinski definition) is 5. The second-order valence-corrected chi connectivity index (χ2v) is 9.64. The molecule has 0 aromatic heterocycles. The molecule has 0 aromatic carbocycles. The third-order valence-corrected chi connectivity index (χ3v) is 5.96. The Labute approximate surface area is 211 Å². The van der Waals surface area contributed by atoms with Crippen LogP contribution in [0, 0.1) is 5.92 Å². The quantitative estimate of drug-likeness (QED) is 0.264. The third-order valence-electron chi connectivity index (χ3n) is 5.96. The van der Waals surface area contributed by atoms with Crippen molar-refractivity contribution in [1.82, 2.24) is 10.6 Å². The molecule has 2 fully saturated rings. The molecule has 0 spiro atoms. The zero-order valence-electron chi connectivity index (χ0n) is 22.4. The van der Waals surface area contributed by atoms with E-state index in [0.717, 1.165) is 32.8 Å². The summed E-state index contributed by atoms with van der Waals surface area (Å²) in [7, 11) is 2.35. The van der Waals surface area contributed by atoms with Crippen LogP contribution in [0.1, 0.15) is 79.1 Å². The number of carbonyl (C=O) groups excluding carboxylic acids is 1. The van der Waals surface area contributed by atoms with E-state index in [9.17, 15) is 14.7 Å². The highest BCUT2D eigenvalue weighted by atomic mass is 16.5. The summed E-state index contributed by atoms with van der Waals surface area (Å²) in [6.07, 6.45) is 16.6. The number of amides is 2. The zero-order valence-corrected chi connectivity index (χ0v) is 22.4. The van der Waals surface area contributed by atoms with E-state index in [4.69, 9.17) is 14.9 Å². The molecule has 35 heavy (non-hydrogen) atoms. The molecule has 8 heteroatoms. The Kier molecular flexibility index (Phi) is 17.0. The topological polar surface area (TPSA) is 128 Å². The van der Waals surface area contributed by atoms with Crippen molar-refractivity contribution in [3.63, 3.8) is 0 Å². The summed E-state index contributed by atoms with van der Waals surface area (Å²) in [5.41, 5.74) is 0.992. The van der Waals surface area contributed by atoms with E-state index >= 15 is 0 Å². The summed E-state index contributed by atoms with van der Waals surface area (Å²) in [5, 5.41) is 29.7. The van der Waals surface area contributed by atoms with Crippen molar-refractivity contribution in [2.24, 2.45) is 5.92 Å². The van der Waals surface area contributed by atoms with Crippen LogP contribution in [-0.2, 0) is 9.53 Å². The molecule has 1 aliphatic heterocycles. The van der Waals surface area contributed by atoms with Crippen molar-refractivity contribution >= 4 is 12.0 Å². The van der Waals surface area contributed by atoms with E-state index in [1.807, 2.05) is 32.2 Å². The Morgan fingerprint density at radius 3 is 2.23 bits per heavy atom.